The Morgan fingerprint density at radius 1 is 1.28 bits per heavy atom. The maximum atomic E-state index is 13.2. The SMILES string of the molecule is CN(CCO)C(=O)c1cn(C2CCN(Cc3ccccc3C(F)(F)F)CC2)nn1. The molecular formula is C19H24F3N5O2. The molecule has 1 aliphatic rings. The Kier molecular flexibility index (Phi) is 6.53. The number of rotatable bonds is 6. The van der Waals surface area contributed by atoms with E-state index in [2.05, 4.69) is 10.3 Å². The zero-order chi connectivity index (χ0) is 21.0. The van der Waals surface area contributed by atoms with Crippen LogP contribution in [0.25, 0.3) is 0 Å². The molecule has 0 atom stereocenters. The highest BCUT2D eigenvalue weighted by Gasteiger charge is 2.33. The van der Waals surface area contributed by atoms with Crippen molar-refractivity contribution in [2.75, 3.05) is 33.3 Å². The second-order valence-electron chi connectivity index (χ2n) is 7.20. The number of carbonyl (C=O) groups is 1. The molecule has 2 aromatic rings. The van der Waals surface area contributed by atoms with Gasteiger partial charge in [0.15, 0.2) is 5.69 Å². The molecule has 2 heterocycles. The molecule has 29 heavy (non-hydrogen) atoms. The number of halogens is 3. The van der Waals surface area contributed by atoms with Gasteiger partial charge in [-0.3, -0.25) is 9.69 Å². The zero-order valence-electron chi connectivity index (χ0n) is 16.1. The minimum atomic E-state index is -4.36. The number of hydrogen-bond donors (Lipinski definition) is 1. The molecule has 1 saturated heterocycles. The molecule has 1 aromatic heterocycles. The number of carbonyl (C=O) groups excluding carboxylic acids is 1. The van der Waals surface area contributed by atoms with Crippen LogP contribution in [-0.4, -0.2) is 69.1 Å². The number of aliphatic hydroxyl groups is 1. The maximum Gasteiger partial charge on any atom is 0.416 e. The van der Waals surface area contributed by atoms with Gasteiger partial charge >= 0.3 is 6.18 Å². The van der Waals surface area contributed by atoms with E-state index >= 15 is 0 Å². The van der Waals surface area contributed by atoms with E-state index in [1.165, 1.54) is 17.0 Å². The van der Waals surface area contributed by atoms with Gasteiger partial charge in [-0.2, -0.15) is 13.2 Å². The lowest BCUT2D eigenvalue weighted by Crippen LogP contribution is -2.35. The van der Waals surface area contributed by atoms with Gasteiger partial charge < -0.3 is 10.0 Å². The van der Waals surface area contributed by atoms with Crippen molar-refractivity contribution in [3.8, 4) is 0 Å². The normalized spacial score (nSPS) is 16.2. The predicted octanol–water partition coefficient (Wildman–Crippen LogP) is 2.20. The molecule has 0 unspecified atom stereocenters. The molecule has 1 N–H and O–H groups in total. The second-order valence-corrected chi connectivity index (χ2v) is 7.20. The third-order valence-corrected chi connectivity index (χ3v) is 5.16. The van der Waals surface area contributed by atoms with Crippen LogP contribution in [0.3, 0.4) is 0 Å². The fourth-order valence-electron chi connectivity index (χ4n) is 3.52. The molecule has 1 aliphatic heterocycles. The van der Waals surface area contributed by atoms with Gasteiger partial charge in [0.05, 0.1) is 24.4 Å². The monoisotopic (exact) mass is 411 g/mol. The first-order valence-corrected chi connectivity index (χ1v) is 9.45. The molecule has 3 rings (SSSR count). The third-order valence-electron chi connectivity index (χ3n) is 5.16. The van der Waals surface area contributed by atoms with Crippen molar-refractivity contribution >= 4 is 5.91 Å². The van der Waals surface area contributed by atoms with Gasteiger partial charge in [-0.1, -0.05) is 23.4 Å². The van der Waals surface area contributed by atoms with Gasteiger partial charge in [-0.05, 0) is 24.5 Å². The Bertz CT molecular complexity index is 831. The van der Waals surface area contributed by atoms with Gasteiger partial charge in [-0.15, -0.1) is 5.10 Å². The molecule has 10 heteroatoms. The van der Waals surface area contributed by atoms with Crippen molar-refractivity contribution < 1.29 is 23.1 Å². The van der Waals surface area contributed by atoms with Crippen LogP contribution < -0.4 is 0 Å². The van der Waals surface area contributed by atoms with Gasteiger partial charge in [0, 0.05) is 33.2 Å². The lowest BCUT2D eigenvalue weighted by atomic mass is 10.0. The fraction of sp³-hybridized carbons (Fsp3) is 0.526. The van der Waals surface area contributed by atoms with Crippen LogP contribution in [0.5, 0.6) is 0 Å². The summed E-state index contributed by atoms with van der Waals surface area (Å²) in [7, 11) is 1.58. The molecule has 158 valence electrons. The lowest BCUT2D eigenvalue weighted by Gasteiger charge is -2.32. The Balaban J connectivity index is 1.59. The summed E-state index contributed by atoms with van der Waals surface area (Å²) < 4.78 is 41.2. The smallest absolute Gasteiger partial charge is 0.395 e. The molecule has 0 spiro atoms. The molecule has 0 aliphatic carbocycles. The average molecular weight is 411 g/mol. The summed E-state index contributed by atoms with van der Waals surface area (Å²) in [6, 6.07) is 5.71. The second kappa shape index (κ2) is 8.91. The van der Waals surface area contributed by atoms with Crippen LogP contribution in [0.2, 0.25) is 0 Å². The first-order valence-electron chi connectivity index (χ1n) is 9.45. The lowest BCUT2D eigenvalue weighted by molar-refractivity contribution is -0.138. The summed E-state index contributed by atoms with van der Waals surface area (Å²) in [4.78, 5) is 15.6. The molecule has 1 fully saturated rings. The third kappa shape index (κ3) is 5.13. The molecule has 0 bridgehead atoms. The van der Waals surface area contributed by atoms with E-state index in [4.69, 9.17) is 5.11 Å². The largest absolute Gasteiger partial charge is 0.416 e. The Labute approximate surface area is 166 Å². The van der Waals surface area contributed by atoms with Crippen molar-refractivity contribution in [2.24, 2.45) is 0 Å². The summed E-state index contributed by atoms with van der Waals surface area (Å²) >= 11 is 0. The number of likely N-dealkylation sites (N-methyl/N-ethyl adjacent to an activating group) is 1. The van der Waals surface area contributed by atoms with Crippen molar-refractivity contribution in [2.45, 2.75) is 31.6 Å². The van der Waals surface area contributed by atoms with Crippen LogP contribution in [0.4, 0.5) is 13.2 Å². The fourth-order valence-corrected chi connectivity index (χ4v) is 3.52. The molecule has 0 radical (unpaired) electrons. The summed E-state index contributed by atoms with van der Waals surface area (Å²) in [5.41, 5.74) is -0.102. The minimum Gasteiger partial charge on any atom is -0.395 e. The van der Waals surface area contributed by atoms with Crippen molar-refractivity contribution in [3.63, 3.8) is 0 Å². The number of hydrogen-bond acceptors (Lipinski definition) is 5. The van der Waals surface area contributed by atoms with E-state index < -0.39 is 11.7 Å². The van der Waals surface area contributed by atoms with Gasteiger partial charge in [0.1, 0.15) is 0 Å². The first-order chi connectivity index (χ1) is 13.8. The quantitative estimate of drug-likeness (QED) is 0.789. The summed E-state index contributed by atoms with van der Waals surface area (Å²) in [5, 5.41) is 16.9. The number of alkyl halides is 3. The van der Waals surface area contributed by atoms with E-state index in [1.807, 2.05) is 4.90 Å². The zero-order valence-corrected chi connectivity index (χ0v) is 16.1. The number of piperidine rings is 1. The van der Waals surface area contributed by atoms with Crippen molar-refractivity contribution in [1.29, 1.82) is 0 Å². The maximum absolute atomic E-state index is 13.2. The Morgan fingerprint density at radius 2 is 1.97 bits per heavy atom. The number of aliphatic hydroxyl groups excluding tert-OH is 1. The Morgan fingerprint density at radius 3 is 2.62 bits per heavy atom. The van der Waals surface area contributed by atoms with E-state index in [0.29, 0.717) is 25.9 Å². The Hall–Kier alpha value is -2.46. The van der Waals surface area contributed by atoms with Crippen LogP contribution in [-0.2, 0) is 12.7 Å². The number of benzene rings is 1. The molecule has 1 aromatic carbocycles. The van der Waals surface area contributed by atoms with Crippen molar-refractivity contribution in [3.05, 3.63) is 47.3 Å². The van der Waals surface area contributed by atoms with Crippen LogP contribution in [0, 0.1) is 0 Å². The van der Waals surface area contributed by atoms with Crippen LogP contribution in [0.15, 0.2) is 30.5 Å². The summed E-state index contributed by atoms with van der Waals surface area (Å²) in [6.45, 7) is 1.58. The van der Waals surface area contributed by atoms with Crippen LogP contribution in [0.1, 0.15) is 40.5 Å². The molecule has 1 amide bonds. The molecule has 7 nitrogen and oxygen atoms in total. The minimum absolute atomic E-state index is 0.0429. The average Bonchev–Trinajstić information content (AvgIpc) is 3.18. The van der Waals surface area contributed by atoms with Gasteiger partial charge in [-0.25, -0.2) is 4.68 Å². The highest BCUT2D eigenvalue weighted by molar-refractivity contribution is 5.91. The predicted molar refractivity (Wildman–Crippen MR) is 99.1 cm³/mol. The number of aromatic nitrogens is 3. The van der Waals surface area contributed by atoms with E-state index in [9.17, 15) is 18.0 Å². The topological polar surface area (TPSA) is 74.5 Å². The summed E-state index contributed by atoms with van der Waals surface area (Å²) in [6.07, 6.45) is -1.35. The number of amides is 1. The molecule has 0 saturated carbocycles. The number of nitrogens with zero attached hydrogens (tertiary/aromatic N) is 5. The van der Waals surface area contributed by atoms with Crippen molar-refractivity contribution in [1.82, 2.24) is 24.8 Å². The first kappa shape index (κ1) is 21.3. The standard InChI is InChI=1S/C19H24F3N5O2/c1-25(10-11-28)18(29)17-13-27(24-23-17)15-6-8-26(9-7-15)12-14-4-2-3-5-16(14)19(20,21)22/h2-5,13,15,28H,6-12H2,1H3. The molecular weight excluding hydrogens is 387 g/mol. The van der Waals surface area contributed by atoms with Crippen LogP contribution >= 0.6 is 0 Å². The van der Waals surface area contributed by atoms with Gasteiger partial charge in [0.25, 0.3) is 5.91 Å². The van der Waals surface area contributed by atoms with E-state index in [-0.39, 0.29) is 42.9 Å². The van der Waals surface area contributed by atoms with E-state index in [1.54, 1.807) is 24.0 Å². The number of likely N-dealkylation sites (tertiary alicyclic amines) is 1. The van der Waals surface area contributed by atoms with Gasteiger partial charge in [0.2, 0.25) is 0 Å². The van der Waals surface area contributed by atoms with E-state index in [0.717, 1.165) is 6.07 Å². The summed E-state index contributed by atoms with van der Waals surface area (Å²) in [5.74, 6) is -0.313. The highest BCUT2D eigenvalue weighted by Crippen LogP contribution is 2.33. The highest BCUT2D eigenvalue weighted by atomic mass is 19.4.